The molecule has 0 amide bonds. The molecular weight excluding hydrogens is 2090 g/mol. The highest BCUT2D eigenvalue weighted by Crippen LogP contribution is 2.57. The SMILES string of the molecule is Cc1cn(C2CC(OP(=O)(O)OCC3OC(n4cnc5c(=O)[nH]c(N)nc54)CC3OP(=O)(O)OCC3OC(n4cnc5c(=O)[nH]c(N)nc54)CC3OP(=O)(O)OCC3OC(n4cnc5c(=O)[nH]c(N)nc54)CC3OP(=O)(O)OCC3OC(n4cnc5c(N)ncnc54)CC3OP(O)(=S)OCC3OC(n4cnc5c(=O)[nH]c(N)nc54)CC3O)C(COCc3ccc(Oc4ccccc4)c(OCc4ccccc4)c3)O2)c(=O)[nH]c1=O. The number of nitrogen functional groups attached to an aromatic ring is 5. The van der Waals surface area contributed by atoms with E-state index < -0.39 is 240 Å². The third-order valence-corrected chi connectivity index (χ3v) is 30.1. The molecule has 0 aliphatic carbocycles. The lowest BCUT2D eigenvalue weighted by molar-refractivity contribution is -0.0711. The number of hydrogen-bond acceptors (Lipinski definition) is 47. The van der Waals surface area contributed by atoms with E-state index in [9.17, 15) is 76.6 Å². The Morgan fingerprint density at radius 2 is 0.757 bits per heavy atom. The van der Waals surface area contributed by atoms with E-state index in [0.29, 0.717) is 22.8 Å². The van der Waals surface area contributed by atoms with Crippen molar-refractivity contribution in [3.63, 3.8) is 0 Å². The van der Waals surface area contributed by atoms with E-state index in [1.807, 2.05) is 36.4 Å². The Kier molecular flexibility index (Phi) is 29.0. The zero-order valence-corrected chi connectivity index (χ0v) is 81.8. The molecule has 0 spiro atoms. The van der Waals surface area contributed by atoms with E-state index >= 15 is 0 Å². The van der Waals surface area contributed by atoms with Gasteiger partial charge in [0.15, 0.2) is 67.6 Å². The molecule has 6 aliphatic heterocycles. The number of aromatic amines is 5. The Labute approximate surface area is 831 Å². The van der Waals surface area contributed by atoms with Crippen LogP contribution in [-0.2, 0) is 122 Å². The first-order valence-electron chi connectivity index (χ1n) is 44.8. The number of benzene rings is 3. The van der Waals surface area contributed by atoms with Gasteiger partial charge in [-0.05, 0) is 54.1 Å². The Balaban J connectivity index is 0.527. The van der Waals surface area contributed by atoms with Crippen molar-refractivity contribution < 1.29 is 136 Å². The van der Waals surface area contributed by atoms with Gasteiger partial charge in [-0.1, -0.05) is 54.6 Å². The van der Waals surface area contributed by atoms with E-state index in [4.69, 9.17) is 128 Å². The van der Waals surface area contributed by atoms with Crippen molar-refractivity contribution >= 4 is 135 Å². The van der Waals surface area contributed by atoms with Crippen molar-refractivity contribution in [3.05, 3.63) is 202 Å². The smallest absolute Gasteiger partial charge is 0.472 e. The summed E-state index contributed by atoms with van der Waals surface area (Å²) in [6, 6.07) is 23.4. The third-order valence-electron chi connectivity index (χ3n) is 24.4. The van der Waals surface area contributed by atoms with Gasteiger partial charge in [-0.2, -0.15) is 19.9 Å². The van der Waals surface area contributed by atoms with E-state index in [0.717, 1.165) is 40.0 Å². The van der Waals surface area contributed by atoms with Gasteiger partial charge in [-0.15, -0.1) is 0 Å². The fourth-order valence-electron chi connectivity index (χ4n) is 17.5. The molecule has 62 nitrogen and oxygen atoms in total. The monoisotopic (exact) mass is 2180 g/mol. The summed E-state index contributed by atoms with van der Waals surface area (Å²) in [7, 11) is -22.4. The van der Waals surface area contributed by atoms with E-state index in [1.54, 1.807) is 42.5 Å². The van der Waals surface area contributed by atoms with Crippen LogP contribution in [-0.4, -0.2) is 250 Å². The average Bonchev–Trinajstić information content (AvgIpc) is 1.63. The summed E-state index contributed by atoms with van der Waals surface area (Å²) in [5, 5.41) is 11.2. The van der Waals surface area contributed by atoms with Crippen LogP contribution < -0.4 is 71.6 Å². The van der Waals surface area contributed by atoms with Crippen molar-refractivity contribution in [2.24, 2.45) is 0 Å². The van der Waals surface area contributed by atoms with Crippen molar-refractivity contribution in [2.45, 2.75) is 169 Å². The summed E-state index contributed by atoms with van der Waals surface area (Å²) in [6.07, 6.45) is -20.5. The number of H-pyrrole nitrogens is 5. The highest BCUT2D eigenvalue weighted by atomic mass is 32.5. The van der Waals surface area contributed by atoms with Gasteiger partial charge in [0.25, 0.3) is 27.8 Å². The maximum absolute atomic E-state index is 14.8. The van der Waals surface area contributed by atoms with Crippen LogP contribution in [0.15, 0.2) is 152 Å². The predicted molar refractivity (Wildman–Crippen MR) is 507 cm³/mol. The Morgan fingerprint density at radius 1 is 0.392 bits per heavy atom. The zero-order chi connectivity index (χ0) is 104. The molecule has 6 saturated heterocycles. The van der Waals surface area contributed by atoms with Gasteiger partial charge < -0.3 is 110 Å². The lowest BCUT2D eigenvalue weighted by Gasteiger charge is -2.26. The van der Waals surface area contributed by atoms with Crippen molar-refractivity contribution in [1.82, 2.24) is 107 Å². The number of ether oxygens (including phenoxy) is 9. The molecule has 20 rings (SSSR count). The summed E-state index contributed by atoms with van der Waals surface area (Å²) in [5.74, 6) is -0.144. The van der Waals surface area contributed by atoms with Crippen molar-refractivity contribution in [2.75, 3.05) is 68.3 Å². The molecule has 3 aromatic carbocycles. The predicted octanol–water partition coefficient (Wildman–Crippen LogP) is 2.43. The van der Waals surface area contributed by atoms with E-state index in [-0.39, 0.29) is 124 Å². The first-order chi connectivity index (χ1) is 70.7. The molecule has 0 bridgehead atoms. The fraction of sp³-hybridized carbons (Fsp3) is 0.412. The number of hydrogen-bond donors (Lipinski definition) is 16. The van der Waals surface area contributed by atoms with Crippen LogP contribution in [0.4, 0.5) is 29.6 Å². The number of anilines is 5. The van der Waals surface area contributed by atoms with E-state index in [2.05, 4.69) is 79.7 Å². The van der Waals surface area contributed by atoms with Crippen LogP contribution in [0.25, 0.3) is 55.8 Å². The second-order valence-corrected chi connectivity index (χ2v) is 42.9. The maximum Gasteiger partial charge on any atom is 0.472 e. The van der Waals surface area contributed by atoms with Gasteiger partial charge in [0.1, 0.15) is 123 Å². The third kappa shape index (κ3) is 22.7. The van der Waals surface area contributed by atoms with Crippen LogP contribution in [0.5, 0.6) is 17.2 Å². The molecule has 786 valence electrons. The van der Waals surface area contributed by atoms with E-state index in [1.165, 1.54) is 44.0 Å². The highest BCUT2D eigenvalue weighted by Gasteiger charge is 2.52. The topological polar surface area (TPSA) is 848 Å². The number of aliphatic hydroxyl groups is 1. The minimum Gasteiger partial charge on any atom is -0.485 e. The number of imidazole rings is 5. The number of rotatable bonds is 40. The average molecular weight is 2180 g/mol. The van der Waals surface area contributed by atoms with Gasteiger partial charge >= 0.3 is 43.7 Å². The van der Waals surface area contributed by atoms with Gasteiger partial charge in [-0.25, -0.2) is 57.9 Å². The summed E-state index contributed by atoms with van der Waals surface area (Å²) in [4.78, 5) is 195. The maximum atomic E-state index is 14.8. The number of phosphoric ester groups is 4. The molecule has 14 aromatic rings. The summed E-state index contributed by atoms with van der Waals surface area (Å²) in [6.45, 7) is -8.23. The van der Waals surface area contributed by atoms with Gasteiger partial charge in [0, 0.05) is 50.3 Å². The summed E-state index contributed by atoms with van der Waals surface area (Å²) in [5.41, 5.74) is 25.6. The normalized spacial score (nSPS) is 26.3. The minimum absolute atomic E-state index is 0.0181. The molecule has 23 atom stereocenters. The molecule has 0 saturated carbocycles. The molecule has 23 unspecified atom stereocenters. The Bertz CT molecular complexity index is 8000. The minimum atomic E-state index is -5.70. The second kappa shape index (κ2) is 41.8. The number of nitrogens with zero attached hydrogens (tertiary/aromatic N) is 17. The molecule has 11 aromatic heterocycles. The Hall–Kier alpha value is -12.5. The van der Waals surface area contributed by atoms with Gasteiger partial charge in [-0.3, -0.25) is 112 Å². The van der Waals surface area contributed by atoms with Crippen LogP contribution in [0.1, 0.15) is 92.6 Å². The number of aromatic nitrogens is 22. The fourth-order valence-corrected chi connectivity index (χ4v) is 22.8. The molecule has 0 radical (unpaired) electrons. The zero-order valence-electron chi connectivity index (χ0n) is 76.5. The van der Waals surface area contributed by atoms with Crippen LogP contribution in [0, 0.1) is 6.92 Å². The number of phosphoric acid groups is 4. The number of fused-ring (bicyclic) bond motifs is 5. The second-order valence-electron chi connectivity index (χ2n) is 34.4. The van der Waals surface area contributed by atoms with Crippen LogP contribution >= 0.6 is 38.0 Å². The summed E-state index contributed by atoms with van der Waals surface area (Å²) < 4.78 is 180. The molecule has 68 heteroatoms. The number of nitrogens with two attached hydrogens (primary N) is 5. The van der Waals surface area contributed by atoms with Crippen LogP contribution in [0.2, 0.25) is 0 Å². The van der Waals surface area contributed by atoms with Crippen LogP contribution in [0.3, 0.4) is 0 Å². The molecule has 6 fully saturated rings. The largest absolute Gasteiger partial charge is 0.485 e. The standard InChI is InChI=1S/C80H90N27O35P5S/c1-36-21-102(80(114)101-71(36)109)55-16-43(49(133-55)24-124-22-38-12-13-41(131-39-10-6-3-7-11-39)42(14-38)125-23-37-8-4-2-5-9-37)138-143(115,116)126-26-50-44(17-57(134-50)105-33-90-62-68(105)94-77(83)98-73(62)111)139-144(117,118)127-27-51-45(18-58(135-51)106-34-91-63-69(106)95-78(84)99-74(63)112)140-145(119,120)128-28-52-46(19-59(136-52)107-35-92-64-70(107)96-79(85)100-75(64)113)141-146(121,122)129-29-53-47(20-56(137-53)103-31-88-60-65(81)86-30-87-66(60)103)142-147(123,148)130-25-48-40(108)15-54(132-48)104-32-89-61-67(104)93-76(82)97-72(61)110/h2-14,21,30-35,40,43-59,108H,15-20,22-29H2,1H3,(H,115,116)(H,117,118)(H,119,120)(H,121,122)(H,123,148)(H2,81,86,87)(H,101,109,114)(H3,82,93,97,110)(H3,83,94,98,111)(H3,84,95,99,112)(H3,85,96,100,113). The van der Waals surface area contributed by atoms with Crippen molar-refractivity contribution in [3.8, 4) is 17.2 Å². The highest BCUT2D eigenvalue weighted by molar-refractivity contribution is 8.07. The number of aryl methyl sites for hydroxylation is 1. The first kappa shape index (κ1) is 103. The molecule has 21 N–H and O–H groups in total. The molecule has 17 heterocycles. The lowest BCUT2D eigenvalue weighted by atomic mass is 10.2. The molecule has 148 heavy (non-hydrogen) atoms. The number of para-hydroxylation sites is 1. The van der Waals surface area contributed by atoms with Gasteiger partial charge in [0.2, 0.25) is 23.8 Å². The molecular formula is C80H90N27O35P5S. The van der Waals surface area contributed by atoms with Gasteiger partial charge in [0.05, 0.1) is 90.1 Å². The lowest BCUT2D eigenvalue weighted by Crippen LogP contribution is -2.33. The quantitative estimate of drug-likeness (QED) is 0.0245. The Morgan fingerprint density at radius 3 is 1.18 bits per heavy atom. The first-order valence-corrected chi connectivity index (χ1v) is 53.4. The molecule has 6 aliphatic rings. The van der Waals surface area contributed by atoms with Crippen molar-refractivity contribution in [1.29, 1.82) is 0 Å². The number of nitrogens with one attached hydrogen (secondary N) is 5. The number of aliphatic hydroxyl groups excluding tert-OH is 1. The summed E-state index contributed by atoms with van der Waals surface area (Å²) >= 11 is 5.50.